The van der Waals surface area contributed by atoms with Crippen molar-refractivity contribution >= 4 is 22.6 Å². The summed E-state index contributed by atoms with van der Waals surface area (Å²) in [5.74, 6) is 0.723. The van der Waals surface area contributed by atoms with Crippen molar-refractivity contribution in [2.45, 2.75) is 0 Å². The van der Waals surface area contributed by atoms with Gasteiger partial charge in [0.25, 0.3) is 0 Å². The second-order valence-corrected chi connectivity index (χ2v) is 5.69. The average Bonchev–Trinajstić information content (AvgIpc) is 3.05. The second kappa shape index (κ2) is 5.94. The fraction of sp³-hybridized carbons (Fsp3) is 0.0556. The number of aromatic nitrogens is 4. The number of nitrogens with zero attached hydrogens (tertiary/aromatic N) is 3. The van der Waals surface area contributed by atoms with Gasteiger partial charge in [-0.2, -0.15) is 5.10 Å². The molecule has 4 rings (SSSR count). The number of rotatable bonds is 3. The summed E-state index contributed by atoms with van der Waals surface area (Å²) >= 11 is 6.13. The monoisotopic (exact) mass is 336 g/mol. The van der Waals surface area contributed by atoms with Gasteiger partial charge in [0.1, 0.15) is 5.75 Å². The van der Waals surface area contributed by atoms with Crippen LogP contribution in [0.2, 0.25) is 5.02 Å². The zero-order valence-electron chi connectivity index (χ0n) is 12.8. The van der Waals surface area contributed by atoms with E-state index >= 15 is 0 Å². The van der Waals surface area contributed by atoms with Crippen LogP contribution in [0.4, 0.5) is 0 Å². The van der Waals surface area contributed by atoms with Gasteiger partial charge in [-0.25, -0.2) is 4.98 Å². The summed E-state index contributed by atoms with van der Waals surface area (Å²) < 4.78 is 5.43. The molecule has 0 spiro atoms. The Bertz CT molecular complexity index is 1010. The van der Waals surface area contributed by atoms with E-state index in [1.165, 1.54) is 0 Å². The van der Waals surface area contributed by atoms with Crippen molar-refractivity contribution in [3.8, 4) is 28.3 Å². The van der Waals surface area contributed by atoms with E-state index in [1.807, 2.05) is 36.4 Å². The maximum absolute atomic E-state index is 6.13. The molecular formula is C18H13ClN4O. The summed E-state index contributed by atoms with van der Waals surface area (Å²) in [5, 5.41) is 8.91. The summed E-state index contributed by atoms with van der Waals surface area (Å²) in [4.78, 5) is 8.74. The molecule has 24 heavy (non-hydrogen) atoms. The van der Waals surface area contributed by atoms with Crippen molar-refractivity contribution < 1.29 is 4.74 Å². The summed E-state index contributed by atoms with van der Waals surface area (Å²) in [7, 11) is 1.63. The number of hydrogen-bond acceptors (Lipinski definition) is 4. The van der Waals surface area contributed by atoms with E-state index < -0.39 is 0 Å². The van der Waals surface area contributed by atoms with Crippen molar-refractivity contribution in [1.82, 2.24) is 20.2 Å². The summed E-state index contributed by atoms with van der Waals surface area (Å²) in [6.45, 7) is 0. The van der Waals surface area contributed by atoms with Gasteiger partial charge < -0.3 is 4.74 Å². The Morgan fingerprint density at radius 2 is 2.04 bits per heavy atom. The largest absolute Gasteiger partial charge is 0.496 e. The molecule has 0 radical (unpaired) electrons. The van der Waals surface area contributed by atoms with Crippen molar-refractivity contribution in [2.75, 3.05) is 7.11 Å². The van der Waals surface area contributed by atoms with Gasteiger partial charge >= 0.3 is 0 Å². The topological polar surface area (TPSA) is 63.7 Å². The predicted molar refractivity (Wildman–Crippen MR) is 94.1 cm³/mol. The van der Waals surface area contributed by atoms with Gasteiger partial charge in [-0.1, -0.05) is 11.6 Å². The van der Waals surface area contributed by atoms with Gasteiger partial charge in [-0.3, -0.25) is 10.1 Å². The molecule has 0 saturated heterocycles. The molecule has 0 aliphatic heterocycles. The van der Waals surface area contributed by atoms with E-state index in [0.717, 1.165) is 33.7 Å². The van der Waals surface area contributed by atoms with Gasteiger partial charge in [-0.15, -0.1) is 0 Å². The molecule has 0 amide bonds. The van der Waals surface area contributed by atoms with Crippen LogP contribution < -0.4 is 4.74 Å². The first-order chi connectivity index (χ1) is 11.8. The third-order valence-electron chi connectivity index (χ3n) is 3.81. The highest BCUT2D eigenvalue weighted by molar-refractivity contribution is 6.31. The van der Waals surface area contributed by atoms with Crippen molar-refractivity contribution in [1.29, 1.82) is 0 Å². The van der Waals surface area contributed by atoms with Crippen LogP contribution in [-0.4, -0.2) is 27.3 Å². The number of fused-ring (bicyclic) bond motifs is 1. The lowest BCUT2D eigenvalue weighted by atomic mass is 10.1. The standard InChI is InChI=1S/C18H13ClN4O/c1-24-16-7-4-12(19)9-14(16)17-13-5-6-15(21-18(13)23-22-17)11-3-2-8-20-10-11/h2-10H,1H3,(H,21,22,23). The lowest BCUT2D eigenvalue weighted by Gasteiger charge is -2.07. The van der Waals surface area contributed by atoms with E-state index in [-0.39, 0.29) is 0 Å². The molecule has 6 heteroatoms. The van der Waals surface area contributed by atoms with Crippen molar-refractivity contribution in [2.24, 2.45) is 0 Å². The van der Waals surface area contributed by atoms with Crippen LogP contribution in [0.1, 0.15) is 0 Å². The SMILES string of the molecule is COc1ccc(Cl)cc1-c1[nH]nc2nc(-c3cccnc3)ccc12. The van der Waals surface area contributed by atoms with E-state index in [0.29, 0.717) is 10.7 Å². The van der Waals surface area contributed by atoms with Crippen LogP contribution in [0.15, 0.2) is 54.9 Å². The van der Waals surface area contributed by atoms with E-state index in [2.05, 4.69) is 20.2 Å². The molecule has 5 nitrogen and oxygen atoms in total. The lowest BCUT2D eigenvalue weighted by Crippen LogP contribution is -1.89. The van der Waals surface area contributed by atoms with Crippen LogP contribution >= 0.6 is 11.6 Å². The molecule has 0 aliphatic rings. The van der Waals surface area contributed by atoms with Crippen molar-refractivity contribution in [3.63, 3.8) is 0 Å². The summed E-state index contributed by atoms with van der Waals surface area (Å²) in [6, 6.07) is 13.3. The Labute approximate surface area is 143 Å². The molecule has 118 valence electrons. The minimum Gasteiger partial charge on any atom is -0.496 e. The summed E-state index contributed by atoms with van der Waals surface area (Å²) in [6.07, 6.45) is 3.52. The Kier molecular flexibility index (Phi) is 3.63. The first-order valence-electron chi connectivity index (χ1n) is 7.35. The van der Waals surface area contributed by atoms with Gasteiger partial charge in [0.05, 0.1) is 18.5 Å². The highest BCUT2D eigenvalue weighted by Crippen LogP contribution is 2.35. The van der Waals surface area contributed by atoms with Crippen LogP contribution in [0.25, 0.3) is 33.5 Å². The number of ether oxygens (including phenoxy) is 1. The van der Waals surface area contributed by atoms with E-state index in [1.54, 1.807) is 25.6 Å². The summed E-state index contributed by atoms with van der Waals surface area (Å²) in [5.41, 5.74) is 4.09. The second-order valence-electron chi connectivity index (χ2n) is 5.25. The maximum atomic E-state index is 6.13. The van der Waals surface area contributed by atoms with Crippen molar-refractivity contribution in [3.05, 3.63) is 59.9 Å². The fourth-order valence-electron chi connectivity index (χ4n) is 2.65. The quantitative estimate of drug-likeness (QED) is 0.604. The first kappa shape index (κ1) is 14.7. The minimum absolute atomic E-state index is 0.633. The smallest absolute Gasteiger partial charge is 0.182 e. The van der Waals surface area contributed by atoms with Crippen LogP contribution in [-0.2, 0) is 0 Å². The van der Waals surface area contributed by atoms with E-state index in [9.17, 15) is 0 Å². The third-order valence-corrected chi connectivity index (χ3v) is 4.04. The Morgan fingerprint density at radius 3 is 2.83 bits per heavy atom. The number of H-pyrrole nitrogens is 1. The molecule has 0 bridgehead atoms. The lowest BCUT2D eigenvalue weighted by molar-refractivity contribution is 0.416. The molecule has 0 unspecified atom stereocenters. The molecule has 4 aromatic rings. The molecule has 3 heterocycles. The van der Waals surface area contributed by atoms with Crippen LogP contribution in [0.5, 0.6) is 5.75 Å². The molecular weight excluding hydrogens is 324 g/mol. The molecule has 0 fully saturated rings. The van der Waals surface area contributed by atoms with Crippen LogP contribution in [0, 0.1) is 0 Å². The van der Waals surface area contributed by atoms with Gasteiger partial charge in [0.2, 0.25) is 0 Å². The molecule has 0 saturated carbocycles. The zero-order valence-corrected chi connectivity index (χ0v) is 13.6. The minimum atomic E-state index is 0.633. The van der Waals surface area contributed by atoms with Gasteiger partial charge in [0, 0.05) is 33.9 Å². The number of benzene rings is 1. The fourth-order valence-corrected chi connectivity index (χ4v) is 2.83. The third kappa shape index (κ3) is 2.49. The number of methoxy groups -OCH3 is 1. The van der Waals surface area contributed by atoms with Gasteiger partial charge in [-0.05, 0) is 42.5 Å². The van der Waals surface area contributed by atoms with E-state index in [4.69, 9.17) is 16.3 Å². The maximum Gasteiger partial charge on any atom is 0.182 e. The number of aromatic amines is 1. The number of halogens is 1. The number of hydrogen-bond donors (Lipinski definition) is 1. The van der Waals surface area contributed by atoms with Gasteiger partial charge in [0.15, 0.2) is 5.65 Å². The number of nitrogens with one attached hydrogen (secondary N) is 1. The zero-order chi connectivity index (χ0) is 16.5. The van der Waals surface area contributed by atoms with Crippen LogP contribution in [0.3, 0.4) is 0 Å². The number of pyridine rings is 2. The Hall–Kier alpha value is -2.92. The normalized spacial score (nSPS) is 10.9. The molecule has 0 aliphatic carbocycles. The molecule has 1 N–H and O–H groups in total. The Morgan fingerprint density at radius 1 is 1.12 bits per heavy atom. The highest BCUT2D eigenvalue weighted by Gasteiger charge is 2.14. The first-order valence-corrected chi connectivity index (χ1v) is 7.73. The molecule has 3 aromatic heterocycles. The Balaban J connectivity index is 1.86. The predicted octanol–water partition coefficient (Wildman–Crippen LogP) is 4.35. The molecule has 1 aromatic carbocycles. The molecule has 0 atom stereocenters. The average molecular weight is 337 g/mol. The highest BCUT2D eigenvalue weighted by atomic mass is 35.5.